The predicted molar refractivity (Wildman–Crippen MR) is 89.6 cm³/mol. The number of hydrogen-bond acceptors (Lipinski definition) is 4. The van der Waals surface area contributed by atoms with Gasteiger partial charge in [-0.05, 0) is 25.0 Å². The summed E-state index contributed by atoms with van der Waals surface area (Å²) < 4.78 is 2.94. The van der Waals surface area contributed by atoms with Gasteiger partial charge in [-0.2, -0.15) is 0 Å². The first-order chi connectivity index (χ1) is 11.5. The summed E-state index contributed by atoms with van der Waals surface area (Å²) in [5.74, 6) is 0.147. The Hall–Kier alpha value is -2.64. The van der Waals surface area contributed by atoms with Crippen molar-refractivity contribution in [2.45, 2.75) is 25.7 Å². The molecule has 0 aliphatic carbocycles. The maximum atomic E-state index is 12.0. The van der Waals surface area contributed by atoms with E-state index in [4.69, 9.17) is 0 Å². The summed E-state index contributed by atoms with van der Waals surface area (Å²) in [7, 11) is 3.31. The molecule has 3 rings (SSSR count). The van der Waals surface area contributed by atoms with Gasteiger partial charge in [0, 0.05) is 40.0 Å². The SMILES string of the molecule is Cn1c(=O)n(C)c2nc(NC(=O)CCC(=O)N3CCCC3)ccc21. The molecule has 2 aromatic rings. The molecule has 2 amide bonds. The van der Waals surface area contributed by atoms with Crippen LogP contribution in [-0.4, -0.2) is 43.9 Å². The van der Waals surface area contributed by atoms with Gasteiger partial charge < -0.3 is 10.2 Å². The predicted octanol–water partition coefficient (Wildman–Crippen LogP) is 0.613. The molecule has 2 aromatic heterocycles. The van der Waals surface area contributed by atoms with Crippen LogP contribution in [0.2, 0.25) is 0 Å². The number of rotatable bonds is 4. The van der Waals surface area contributed by atoms with Crippen LogP contribution in [0.15, 0.2) is 16.9 Å². The number of pyridine rings is 1. The average molecular weight is 331 g/mol. The molecule has 0 spiro atoms. The second kappa shape index (κ2) is 6.46. The molecule has 0 saturated carbocycles. The maximum Gasteiger partial charge on any atom is 0.329 e. The van der Waals surface area contributed by atoms with Gasteiger partial charge in [0.05, 0.1) is 5.52 Å². The summed E-state index contributed by atoms with van der Waals surface area (Å²) in [5.41, 5.74) is 1.04. The molecule has 1 aliphatic rings. The molecular weight excluding hydrogens is 310 g/mol. The van der Waals surface area contributed by atoms with E-state index >= 15 is 0 Å². The number of aryl methyl sites for hydroxylation is 2. The molecule has 1 fully saturated rings. The molecule has 0 unspecified atom stereocenters. The maximum absolute atomic E-state index is 12.0. The number of nitrogens with zero attached hydrogens (tertiary/aromatic N) is 4. The van der Waals surface area contributed by atoms with E-state index in [1.165, 1.54) is 9.13 Å². The van der Waals surface area contributed by atoms with Crippen LogP contribution in [0.1, 0.15) is 25.7 Å². The van der Waals surface area contributed by atoms with Gasteiger partial charge in [0.25, 0.3) is 0 Å². The summed E-state index contributed by atoms with van der Waals surface area (Å²) in [6, 6.07) is 3.40. The Kier molecular flexibility index (Phi) is 4.37. The summed E-state index contributed by atoms with van der Waals surface area (Å²) >= 11 is 0. The number of amides is 2. The molecule has 1 saturated heterocycles. The average Bonchev–Trinajstić information content (AvgIpc) is 3.18. The molecule has 0 atom stereocenters. The zero-order chi connectivity index (χ0) is 17.3. The van der Waals surface area contributed by atoms with Crippen LogP contribution in [0, 0.1) is 0 Å². The van der Waals surface area contributed by atoms with Crippen molar-refractivity contribution in [3.05, 3.63) is 22.6 Å². The van der Waals surface area contributed by atoms with E-state index in [9.17, 15) is 14.4 Å². The summed E-state index contributed by atoms with van der Waals surface area (Å²) in [4.78, 5) is 42.0. The summed E-state index contributed by atoms with van der Waals surface area (Å²) in [6.45, 7) is 1.58. The highest BCUT2D eigenvalue weighted by Crippen LogP contribution is 2.14. The third kappa shape index (κ3) is 3.04. The number of aromatic nitrogens is 3. The number of carbonyl (C=O) groups excluding carboxylic acids is 2. The smallest absolute Gasteiger partial charge is 0.329 e. The van der Waals surface area contributed by atoms with Gasteiger partial charge in [-0.15, -0.1) is 0 Å². The molecule has 0 radical (unpaired) electrons. The number of anilines is 1. The highest BCUT2D eigenvalue weighted by Gasteiger charge is 2.18. The van der Waals surface area contributed by atoms with E-state index in [-0.39, 0.29) is 30.3 Å². The van der Waals surface area contributed by atoms with Crippen LogP contribution in [0.3, 0.4) is 0 Å². The first-order valence-electron chi connectivity index (χ1n) is 8.07. The lowest BCUT2D eigenvalue weighted by Gasteiger charge is -2.14. The number of hydrogen-bond donors (Lipinski definition) is 1. The van der Waals surface area contributed by atoms with Crippen molar-refractivity contribution in [2.24, 2.45) is 14.1 Å². The molecule has 3 heterocycles. The minimum Gasteiger partial charge on any atom is -0.343 e. The van der Waals surface area contributed by atoms with Crippen LogP contribution in [0.5, 0.6) is 0 Å². The van der Waals surface area contributed by atoms with Crippen molar-refractivity contribution < 1.29 is 9.59 Å². The Bertz CT molecular complexity index is 845. The molecule has 0 bridgehead atoms. The minimum absolute atomic E-state index is 0.0246. The van der Waals surface area contributed by atoms with Crippen LogP contribution in [0.25, 0.3) is 11.2 Å². The lowest BCUT2D eigenvalue weighted by molar-refractivity contribution is -0.131. The van der Waals surface area contributed by atoms with E-state index in [0.29, 0.717) is 17.0 Å². The Morgan fingerprint density at radius 2 is 1.83 bits per heavy atom. The van der Waals surface area contributed by atoms with Crippen molar-refractivity contribution in [2.75, 3.05) is 18.4 Å². The fraction of sp³-hybridized carbons (Fsp3) is 0.500. The van der Waals surface area contributed by atoms with E-state index in [1.54, 1.807) is 31.1 Å². The molecule has 24 heavy (non-hydrogen) atoms. The van der Waals surface area contributed by atoms with Gasteiger partial charge in [0.15, 0.2) is 5.65 Å². The first-order valence-corrected chi connectivity index (χ1v) is 8.07. The highest BCUT2D eigenvalue weighted by atomic mass is 16.2. The van der Waals surface area contributed by atoms with Crippen molar-refractivity contribution in [1.82, 2.24) is 19.0 Å². The van der Waals surface area contributed by atoms with E-state index in [2.05, 4.69) is 10.3 Å². The fourth-order valence-electron chi connectivity index (χ4n) is 2.99. The molecule has 1 aliphatic heterocycles. The van der Waals surface area contributed by atoms with Crippen molar-refractivity contribution in [3.63, 3.8) is 0 Å². The molecule has 0 aromatic carbocycles. The second-order valence-electron chi connectivity index (χ2n) is 6.08. The topological polar surface area (TPSA) is 89.2 Å². The van der Waals surface area contributed by atoms with Crippen molar-refractivity contribution in [1.29, 1.82) is 0 Å². The van der Waals surface area contributed by atoms with Crippen LogP contribution in [0.4, 0.5) is 5.82 Å². The Morgan fingerprint density at radius 3 is 2.54 bits per heavy atom. The molecule has 8 nitrogen and oxygen atoms in total. The van der Waals surface area contributed by atoms with E-state index < -0.39 is 0 Å². The standard InChI is InChI=1S/C16H21N5O3/c1-19-11-5-6-12(18-15(11)20(2)16(19)24)17-13(22)7-8-14(23)21-9-3-4-10-21/h5-6H,3-4,7-10H2,1-2H3,(H,17,18,22). The monoisotopic (exact) mass is 331 g/mol. The van der Waals surface area contributed by atoms with E-state index in [0.717, 1.165) is 25.9 Å². The zero-order valence-electron chi connectivity index (χ0n) is 13.9. The van der Waals surface area contributed by atoms with E-state index in [1.807, 2.05) is 0 Å². The largest absolute Gasteiger partial charge is 0.343 e. The molecule has 128 valence electrons. The quantitative estimate of drug-likeness (QED) is 0.889. The lowest BCUT2D eigenvalue weighted by Crippen LogP contribution is -2.28. The number of carbonyl (C=O) groups is 2. The molecular formula is C16H21N5O3. The van der Waals surface area contributed by atoms with Gasteiger partial charge in [-0.3, -0.25) is 18.7 Å². The number of imidazole rings is 1. The number of likely N-dealkylation sites (tertiary alicyclic amines) is 1. The fourth-order valence-corrected chi connectivity index (χ4v) is 2.99. The van der Waals surface area contributed by atoms with Gasteiger partial charge in [-0.1, -0.05) is 0 Å². The summed E-state index contributed by atoms with van der Waals surface area (Å²) in [6.07, 6.45) is 2.41. The third-order valence-electron chi connectivity index (χ3n) is 4.40. The van der Waals surface area contributed by atoms with Crippen LogP contribution >= 0.6 is 0 Å². The molecule has 1 N–H and O–H groups in total. The normalized spacial score (nSPS) is 14.3. The van der Waals surface area contributed by atoms with Crippen LogP contribution < -0.4 is 11.0 Å². The van der Waals surface area contributed by atoms with Gasteiger partial charge in [-0.25, -0.2) is 9.78 Å². The number of fused-ring (bicyclic) bond motifs is 1. The Morgan fingerprint density at radius 1 is 1.12 bits per heavy atom. The Labute approximate surface area is 139 Å². The third-order valence-corrected chi connectivity index (χ3v) is 4.40. The summed E-state index contributed by atoms with van der Waals surface area (Å²) in [5, 5.41) is 2.69. The minimum atomic E-state index is -0.254. The van der Waals surface area contributed by atoms with Gasteiger partial charge in [0.2, 0.25) is 11.8 Å². The highest BCUT2D eigenvalue weighted by molar-refractivity contribution is 5.93. The number of nitrogens with one attached hydrogen (secondary N) is 1. The second-order valence-corrected chi connectivity index (χ2v) is 6.08. The van der Waals surface area contributed by atoms with Crippen LogP contribution in [-0.2, 0) is 23.7 Å². The van der Waals surface area contributed by atoms with Crippen molar-refractivity contribution >= 4 is 28.8 Å². The van der Waals surface area contributed by atoms with Gasteiger partial charge in [0.1, 0.15) is 5.82 Å². The first kappa shape index (κ1) is 16.2. The van der Waals surface area contributed by atoms with Gasteiger partial charge >= 0.3 is 5.69 Å². The lowest BCUT2D eigenvalue weighted by atomic mass is 10.2. The Balaban J connectivity index is 1.64. The zero-order valence-corrected chi connectivity index (χ0v) is 13.9. The molecule has 8 heteroatoms. The van der Waals surface area contributed by atoms with Crippen molar-refractivity contribution in [3.8, 4) is 0 Å².